The van der Waals surface area contributed by atoms with Crippen LogP contribution >= 0.6 is 0 Å². The van der Waals surface area contributed by atoms with Crippen molar-refractivity contribution in [1.29, 1.82) is 0 Å². The van der Waals surface area contributed by atoms with Crippen molar-refractivity contribution in [2.24, 2.45) is 5.92 Å². The minimum absolute atomic E-state index is 0.108. The monoisotopic (exact) mass is 432 g/mol. The topological polar surface area (TPSA) is 49.4 Å². The van der Waals surface area contributed by atoms with Crippen molar-refractivity contribution in [3.63, 3.8) is 0 Å². The lowest BCUT2D eigenvalue weighted by Gasteiger charge is -2.18. The molecule has 2 aromatic rings. The number of hydrogen-bond acceptors (Lipinski definition) is 3. The molecule has 4 nitrogen and oxygen atoms in total. The molecular formula is C24H27F3N2O2. The lowest BCUT2D eigenvalue weighted by molar-refractivity contribution is -0.137. The van der Waals surface area contributed by atoms with Crippen LogP contribution in [0.4, 0.5) is 13.2 Å². The highest BCUT2D eigenvalue weighted by Gasteiger charge is 2.31. The molecule has 1 fully saturated rings. The molecule has 0 saturated carbocycles. The molecule has 1 saturated heterocycles. The summed E-state index contributed by atoms with van der Waals surface area (Å²) in [6.07, 6.45) is -3.25. The number of halogens is 3. The lowest BCUT2D eigenvalue weighted by atomic mass is 10.0. The van der Waals surface area contributed by atoms with Crippen LogP contribution in [0.1, 0.15) is 45.5 Å². The molecule has 0 aliphatic carbocycles. The predicted molar refractivity (Wildman–Crippen MR) is 113 cm³/mol. The van der Waals surface area contributed by atoms with Crippen LogP contribution < -0.4 is 5.32 Å². The van der Waals surface area contributed by atoms with Crippen LogP contribution in [-0.2, 0) is 17.5 Å². The van der Waals surface area contributed by atoms with Gasteiger partial charge in [-0.15, -0.1) is 0 Å². The van der Waals surface area contributed by atoms with Gasteiger partial charge in [0.25, 0.3) is 5.91 Å². The molecule has 1 heterocycles. The second-order valence-corrected chi connectivity index (χ2v) is 8.32. The highest BCUT2D eigenvalue weighted by Crippen LogP contribution is 2.29. The fourth-order valence-corrected chi connectivity index (χ4v) is 4.00. The fraction of sp³-hybridized carbons (Fsp3) is 0.417. The van der Waals surface area contributed by atoms with Gasteiger partial charge in [-0.1, -0.05) is 29.8 Å². The summed E-state index contributed by atoms with van der Waals surface area (Å²) in [6, 6.07) is 10.6. The zero-order valence-corrected chi connectivity index (χ0v) is 17.8. The summed E-state index contributed by atoms with van der Waals surface area (Å²) in [4.78, 5) is 26.8. The minimum atomic E-state index is -4.52. The molecule has 166 valence electrons. The molecule has 1 aliphatic heterocycles. The van der Waals surface area contributed by atoms with E-state index in [0.29, 0.717) is 6.42 Å². The second kappa shape index (κ2) is 9.64. The summed E-state index contributed by atoms with van der Waals surface area (Å²) in [5.74, 6) is -0.565. The van der Waals surface area contributed by atoms with E-state index in [4.69, 9.17) is 0 Å². The Hall–Kier alpha value is -2.67. The third-order valence-corrected chi connectivity index (χ3v) is 5.68. The second-order valence-electron chi connectivity index (χ2n) is 8.32. The third kappa shape index (κ3) is 6.40. The molecular weight excluding hydrogens is 405 g/mol. The van der Waals surface area contributed by atoms with Crippen LogP contribution in [0.5, 0.6) is 0 Å². The number of aryl methyl sites for hydroxylation is 2. The Balaban J connectivity index is 1.45. The molecule has 0 bridgehead atoms. The Morgan fingerprint density at radius 1 is 1.13 bits per heavy atom. The summed E-state index contributed by atoms with van der Waals surface area (Å²) in [6.45, 7) is 6.58. The van der Waals surface area contributed by atoms with E-state index >= 15 is 0 Å². The third-order valence-electron chi connectivity index (χ3n) is 5.68. The van der Waals surface area contributed by atoms with E-state index in [1.165, 1.54) is 28.8 Å². The molecule has 2 aromatic carbocycles. The molecule has 0 unspecified atom stereocenters. The molecule has 0 spiro atoms. The summed E-state index contributed by atoms with van der Waals surface area (Å²) in [5, 5.41) is 2.45. The first-order valence-corrected chi connectivity index (χ1v) is 10.4. The number of likely N-dealkylation sites (tertiary alicyclic amines) is 1. The van der Waals surface area contributed by atoms with E-state index in [0.717, 1.165) is 38.2 Å². The number of nitrogens with zero attached hydrogens (tertiary/aromatic N) is 1. The van der Waals surface area contributed by atoms with E-state index in [2.05, 4.69) is 42.3 Å². The number of Topliss-reactive ketones (excluding diaryl/α,β-unsaturated/α-hetero) is 1. The maximum atomic E-state index is 12.8. The van der Waals surface area contributed by atoms with E-state index in [1.54, 1.807) is 0 Å². The average molecular weight is 432 g/mol. The molecule has 3 rings (SSSR count). The van der Waals surface area contributed by atoms with Gasteiger partial charge >= 0.3 is 6.18 Å². The van der Waals surface area contributed by atoms with Gasteiger partial charge in [-0.3, -0.25) is 14.5 Å². The highest BCUT2D eigenvalue weighted by atomic mass is 19.4. The van der Waals surface area contributed by atoms with Gasteiger partial charge < -0.3 is 5.32 Å². The summed E-state index contributed by atoms with van der Waals surface area (Å²) < 4.78 is 38.4. The average Bonchev–Trinajstić information content (AvgIpc) is 3.14. The van der Waals surface area contributed by atoms with Gasteiger partial charge in [0.2, 0.25) is 0 Å². The minimum Gasteiger partial charge on any atom is -0.345 e. The lowest BCUT2D eigenvalue weighted by Crippen LogP contribution is -2.31. The number of carbonyl (C=O) groups excluding carboxylic acids is 2. The van der Waals surface area contributed by atoms with Gasteiger partial charge in [0.05, 0.1) is 12.1 Å². The van der Waals surface area contributed by atoms with Crippen molar-refractivity contribution in [2.75, 3.05) is 19.6 Å². The number of rotatable bonds is 7. The van der Waals surface area contributed by atoms with Crippen molar-refractivity contribution in [3.05, 3.63) is 70.3 Å². The van der Waals surface area contributed by atoms with Crippen LogP contribution in [0.15, 0.2) is 42.5 Å². The normalized spacial score (nSPS) is 17.0. The van der Waals surface area contributed by atoms with E-state index in [1.807, 2.05) is 0 Å². The van der Waals surface area contributed by atoms with Crippen LogP contribution in [0.25, 0.3) is 0 Å². The first-order chi connectivity index (χ1) is 14.6. The molecule has 1 amide bonds. The van der Waals surface area contributed by atoms with Crippen LogP contribution in [0, 0.1) is 19.8 Å². The zero-order valence-electron chi connectivity index (χ0n) is 17.8. The molecule has 1 atom stereocenters. The van der Waals surface area contributed by atoms with Crippen molar-refractivity contribution >= 4 is 11.7 Å². The number of carbonyl (C=O) groups is 2. The van der Waals surface area contributed by atoms with Gasteiger partial charge in [0, 0.05) is 25.1 Å². The smallest absolute Gasteiger partial charge is 0.345 e. The van der Waals surface area contributed by atoms with Crippen LogP contribution in [0.2, 0.25) is 0 Å². The number of amides is 1. The fourth-order valence-electron chi connectivity index (χ4n) is 4.00. The van der Waals surface area contributed by atoms with E-state index < -0.39 is 17.6 Å². The molecule has 0 radical (unpaired) electrons. The first-order valence-electron chi connectivity index (χ1n) is 10.4. The quantitative estimate of drug-likeness (QED) is 0.699. The van der Waals surface area contributed by atoms with Gasteiger partial charge in [0.1, 0.15) is 0 Å². The van der Waals surface area contributed by atoms with Crippen molar-refractivity contribution in [3.8, 4) is 0 Å². The standard InChI is InChI=1S/C24H27F3N2O2/c1-16-6-7-20(17(2)10-16)15-29-9-8-18(14-29)11-22(30)13-28-23(31)19-4-3-5-21(12-19)24(25,26)27/h3-7,10,12,18H,8-9,11,13-15H2,1-2H3,(H,28,31)/t18-/m0/s1. The number of hydrogen-bond donors (Lipinski definition) is 1. The molecule has 1 aliphatic rings. The van der Waals surface area contributed by atoms with Crippen molar-refractivity contribution in [2.45, 2.75) is 39.4 Å². The summed E-state index contributed by atoms with van der Waals surface area (Å²) >= 11 is 0. The predicted octanol–water partition coefficient (Wildman–Crippen LogP) is 4.53. The Morgan fingerprint density at radius 2 is 1.90 bits per heavy atom. The largest absolute Gasteiger partial charge is 0.416 e. The molecule has 0 aromatic heterocycles. The Labute approximate surface area is 180 Å². The van der Waals surface area contributed by atoms with Gasteiger partial charge in [-0.25, -0.2) is 0 Å². The van der Waals surface area contributed by atoms with Gasteiger partial charge in [-0.05, 0) is 62.1 Å². The SMILES string of the molecule is Cc1ccc(CN2CC[C@@H](CC(=O)CNC(=O)c3cccc(C(F)(F)F)c3)C2)c(C)c1. The number of benzene rings is 2. The van der Waals surface area contributed by atoms with Crippen molar-refractivity contribution in [1.82, 2.24) is 10.2 Å². The highest BCUT2D eigenvalue weighted by molar-refractivity contribution is 5.96. The Bertz CT molecular complexity index is 956. The van der Waals surface area contributed by atoms with E-state index in [-0.39, 0.29) is 23.8 Å². The molecule has 1 N–H and O–H groups in total. The number of alkyl halides is 3. The Kier molecular flexibility index (Phi) is 7.15. The molecule has 31 heavy (non-hydrogen) atoms. The maximum absolute atomic E-state index is 12.8. The zero-order chi connectivity index (χ0) is 22.6. The van der Waals surface area contributed by atoms with E-state index in [9.17, 15) is 22.8 Å². The Morgan fingerprint density at radius 3 is 2.61 bits per heavy atom. The van der Waals surface area contributed by atoms with Crippen LogP contribution in [-0.4, -0.2) is 36.2 Å². The number of ketones is 1. The first kappa shape index (κ1) is 23.0. The summed E-state index contributed by atoms with van der Waals surface area (Å²) in [7, 11) is 0. The maximum Gasteiger partial charge on any atom is 0.416 e. The molecule has 7 heteroatoms. The number of nitrogens with one attached hydrogen (secondary N) is 1. The van der Waals surface area contributed by atoms with Gasteiger partial charge in [-0.2, -0.15) is 13.2 Å². The van der Waals surface area contributed by atoms with Crippen molar-refractivity contribution < 1.29 is 22.8 Å². The van der Waals surface area contributed by atoms with Gasteiger partial charge in [0.15, 0.2) is 5.78 Å². The van der Waals surface area contributed by atoms with Crippen LogP contribution in [0.3, 0.4) is 0 Å². The summed E-state index contributed by atoms with van der Waals surface area (Å²) in [5.41, 5.74) is 2.78.